The molecule has 0 fully saturated rings. The summed E-state index contributed by atoms with van der Waals surface area (Å²) in [6.07, 6.45) is 1.22. The van der Waals surface area contributed by atoms with Crippen LogP contribution in [0.1, 0.15) is 17.3 Å². The molecule has 0 saturated heterocycles. The summed E-state index contributed by atoms with van der Waals surface area (Å²) in [5, 5.41) is 14.0. The van der Waals surface area contributed by atoms with E-state index in [4.69, 9.17) is 16.3 Å². The molecule has 6 nitrogen and oxygen atoms in total. The predicted molar refractivity (Wildman–Crippen MR) is 64.0 cm³/mol. The zero-order valence-electron chi connectivity index (χ0n) is 9.50. The SMILES string of the molecule is CCOC(=O)c1cnn(-c2cccc(Cl)n2)c1O. The van der Waals surface area contributed by atoms with Crippen molar-refractivity contribution in [3.8, 4) is 11.7 Å². The zero-order valence-corrected chi connectivity index (χ0v) is 10.3. The van der Waals surface area contributed by atoms with Crippen LogP contribution in [0.5, 0.6) is 5.88 Å². The van der Waals surface area contributed by atoms with Crippen molar-refractivity contribution in [2.45, 2.75) is 6.92 Å². The second-order valence-electron chi connectivity index (χ2n) is 3.33. The molecular weight excluding hydrogens is 258 g/mol. The summed E-state index contributed by atoms with van der Waals surface area (Å²) in [6.45, 7) is 1.90. The Bertz CT molecular complexity index is 583. The molecule has 2 rings (SSSR count). The van der Waals surface area contributed by atoms with Crippen molar-refractivity contribution in [1.82, 2.24) is 14.8 Å². The molecule has 7 heteroatoms. The summed E-state index contributed by atoms with van der Waals surface area (Å²) in [5.74, 6) is -0.651. The van der Waals surface area contributed by atoms with Crippen LogP contribution in [0.15, 0.2) is 24.4 Å². The Morgan fingerprint density at radius 3 is 3.00 bits per heavy atom. The monoisotopic (exact) mass is 267 g/mol. The number of pyridine rings is 1. The first-order chi connectivity index (χ1) is 8.63. The molecule has 0 aliphatic rings. The topological polar surface area (TPSA) is 77.2 Å². The van der Waals surface area contributed by atoms with Gasteiger partial charge in [-0.15, -0.1) is 0 Å². The van der Waals surface area contributed by atoms with E-state index in [9.17, 15) is 9.90 Å². The Balaban J connectivity index is 2.39. The van der Waals surface area contributed by atoms with Gasteiger partial charge in [0, 0.05) is 0 Å². The minimum absolute atomic E-state index is 0.0152. The third kappa shape index (κ3) is 2.28. The fourth-order valence-electron chi connectivity index (χ4n) is 1.38. The van der Waals surface area contributed by atoms with E-state index in [-0.39, 0.29) is 23.2 Å². The summed E-state index contributed by atoms with van der Waals surface area (Å²) < 4.78 is 5.89. The lowest BCUT2D eigenvalue weighted by atomic mass is 10.3. The number of aromatic hydroxyl groups is 1. The first-order valence-electron chi connectivity index (χ1n) is 5.20. The molecule has 2 aromatic heterocycles. The molecule has 18 heavy (non-hydrogen) atoms. The van der Waals surface area contributed by atoms with Crippen LogP contribution in [0.3, 0.4) is 0 Å². The average Bonchev–Trinajstić information content (AvgIpc) is 2.71. The smallest absolute Gasteiger partial charge is 0.345 e. The normalized spacial score (nSPS) is 10.3. The third-order valence-corrected chi connectivity index (χ3v) is 2.37. The standard InChI is InChI=1S/C11H10ClN3O3/c1-2-18-11(17)7-6-13-15(10(7)16)9-5-3-4-8(12)14-9/h3-6,16H,2H2,1H3. The van der Waals surface area contributed by atoms with Crippen LogP contribution in [0.2, 0.25) is 5.15 Å². The molecule has 0 aliphatic carbocycles. The molecule has 94 valence electrons. The number of ether oxygens (including phenoxy) is 1. The van der Waals surface area contributed by atoms with E-state index in [0.717, 1.165) is 4.68 Å². The van der Waals surface area contributed by atoms with Crippen molar-refractivity contribution in [3.05, 3.63) is 35.1 Å². The van der Waals surface area contributed by atoms with Crippen LogP contribution < -0.4 is 0 Å². The van der Waals surface area contributed by atoms with Gasteiger partial charge in [-0.3, -0.25) is 0 Å². The van der Waals surface area contributed by atoms with Crippen molar-refractivity contribution >= 4 is 17.6 Å². The lowest BCUT2D eigenvalue weighted by molar-refractivity contribution is 0.0523. The van der Waals surface area contributed by atoms with Crippen molar-refractivity contribution in [1.29, 1.82) is 0 Å². The molecule has 0 atom stereocenters. The van der Waals surface area contributed by atoms with Gasteiger partial charge in [0.1, 0.15) is 10.7 Å². The summed E-state index contributed by atoms with van der Waals surface area (Å²) in [5.41, 5.74) is -0.0152. The number of hydrogen-bond donors (Lipinski definition) is 1. The second-order valence-corrected chi connectivity index (χ2v) is 3.72. The van der Waals surface area contributed by atoms with Gasteiger partial charge in [-0.2, -0.15) is 9.78 Å². The predicted octanol–water partition coefficient (Wildman–Crippen LogP) is 1.80. The largest absolute Gasteiger partial charge is 0.493 e. The molecule has 0 radical (unpaired) electrons. The zero-order chi connectivity index (χ0) is 13.1. The third-order valence-electron chi connectivity index (χ3n) is 2.16. The van der Waals surface area contributed by atoms with Crippen molar-refractivity contribution in [2.24, 2.45) is 0 Å². The van der Waals surface area contributed by atoms with Crippen LogP contribution in [0.4, 0.5) is 0 Å². The summed E-state index contributed by atoms with van der Waals surface area (Å²) >= 11 is 5.74. The van der Waals surface area contributed by atoms with Gasteiger partial charge in [0.15, 0.2) is 5.82 Å². The minimum Gasteiger partial charge on any atom is -0.493 e. The van der Waals surface area contributed by atoms with E-state index in [1.165, 1.54) is 6.20 Å². The molecular formula is C11H10ClN3O3. The Labute approximate surface area is 108 Å². The molecule has 2 heterocycles. The van der Waals surface area contributed by atoms with Crippen molar-refractivity contribution < 1.29 is 14.6 Å². The van der Waals surface area contributed by atoms with Crippen molar-refractivity contribution in [2.75, 3.05) is 6.61 Å². The van der Waals surface area contributed by atoms with Gasteiger partial charge in [-0.05, 0) is 19.1 Å². The number of halogens is 1. The molecule has 0 aliphatic heterocycles. The highest BCUT2D eigenvalue weighted by Crippen LogP contribution is 2.21. The highest BCUT2D eigenvalue weighted by Gasteiger charge is 2.19. The molecule has 0 spiro atoms. The molecule has 0 amide bonds. The molecule has 0 bridgehead atoms. The minimum atomic E-state index is -0.636. The number of hydrogen-bond acceptors (Lipinski definition) is 5. The first kappa shape index (κ1) is 12.4. The van der Waals surface area contributed by atoms with E-state index in [0.29, 0.717) is 5.82 Å². The molecule has 1 N–H and O–H groups in total. The van der Waals surface area contributed by atoms with Gasteiger partial charge in [-0.25, -0.2) is 9.78 Å². The number of nitrogens with zero attached hydrogens (tertiary/aromatic N) is 3. The second kappa shape index (κ2) is 5.05. The van der Waals surface area contributed by atoms with E-state index in [1.807, 2.05) is 0 Å². The number of carbonyl (C=O) groups excluding carboxylic acids is 1. The lowest BCUT2D eigenvalue weighted by Crippen LogP contribution is -2.04. The van der Waals surface area contributed by atoms with Crippen LogP contribution >= 0.6 is 11.6 Å². The fourth-order valence-corrected chi connectivity index (χ4v) is 1.54. The van der Waals surface area contributed by atoms with Crippen molar-refractivity contribution in [3.63, 3.8) is 0 Å². The number of rotatable bonds is 3. The van der Waals surface area contributed by atoms with Gasteiger partial charge in [0.05, 0.1) is 12.8 Å². The lowest BCUT2D eigenvalue weighted by Gasteiger charge is -2.03. The van der Waals surface area contributed by atoms with Crippen LogP contribution in [0, 0.1) is 0 Å². The van der Waals surface area contributed by atoms with E-state index in [1.54, 1.807) is 25.1 Å². The average molecular weight is 268 g/mol. The van der Waals surface area contributed by atoms with Crippen LogP contribution in [-0.2, 0) is 4.74 Å². The van der Waals surface area contributed by atoms with Gasteiger partial charge >= 0.3 is 5.97 Å². The highest BCUT2D eigenvalue weighted by molar-refractivity contribution is 6.29. The fraction of sp³-hybridized carbons (Fsp3) is 0.182. The van der Waals surface area contributed by atoms with Gasteiger partial charge < -0.3 is 9.84 Å². The molecule has 2 aromatic rings. The quantitative estimate of drug-likeness (QED) is 0.678. The van der Waals surface area contributed by atoms with E-state index >= 15 is 0 Å². The maximum Gasteiger partial charge on any atom is 0.345 e. The van der Waals surface area contributed by atoms with Gasteiger partial charge in [0.2, 0.25) is 5.88 Å². The summed E-state index contributed by atoms with van der Waals surface area (Å²) in [6, 6.07) is 4.86. The van der Waals surface area contributed by atoms with Crippen LogP contribution in [0.25, 0.3) is 5.82 Å². The van der Waals surface area contributed by atoms with E-state index < -0.39 is 5.97 Å². The number of esters is 1. The van der Waals surface area contributed by atoms with Crippen LogP contribution in [-0.4, -0.2) is 32.4 Å². The summed E-state index contributed by atoms with van der Waals surface area (Å²) in [7, 11) is 0. The molecule has 0 aromatic carbocycles. The maximum atomic E-state index is 11.5. The Hall–Kier alpha value is -2.08. The molecule has 0 saturated carbocycles. The Morgan fingerprint density at radius 2 is 2.33 bits per heavy atom. The highest BCUT2D eigenvalue weighted by atomic mass is 35.5. The van der Waals surface area contributed by atoms with E-state index in [2.05, 4.69) is 10.1 Å². The number of aromatic nitrogens is 3. The Kier molecular flexibility index (Phi) is 3.47. The van der Waals surface area contributed by atoms with Gasteiger partial charge in [0.25, 0.3) is 0 Å². The first-order valence-corrected chi connectivity index (χ1v) is 5.58. The molecule has 0 unspecified atom stereocenters. The Morgan fingerprint density at radius 1 is 1.56 bits per heavy atom. The maximum absolute atomic E-state index is 11.5. The van der Waals surface area contributed by atoms with Gasteiger partial charge in [-0.1, -0.05) is 17.7 Å². The number of carbonyl (C=O) groups is 1. The summed E-state index contributed by atoms with van der Waals surface area (Å²) in [4.78, 5) is 15.5.